The lowest BCUT2D eigenvalue weighted by Crippen LogP contribution is -2.46. The van der Waals surface area contributed by atoms with Crippen LogP contribution in [-0.2, 0) is 9.47 Å². The molecule has 0 aliphatic carbocycles. The standard InChI is InChI=1S/C20H26F2N6O2/c1-12-10-29-5-3-27(12)18-8-16(15-9-24-17(23)7-14(15)19(21)22)25-20(26-18)28-4-6-30-11-13(28)2/h7-9,12-13,19H,3-6,10-11H2,1-2H3,(H2,23,24). The van der Waals surface area contributed by atoms with Crippen molar-refractivity contribution in [2.24, 2.45) is 0 Å². The van der Waals surface area contributed by atoms with Crippen molar-refractivity contribution >= 4 is 17.6 Å². The van der Waals surface area contributed by atoms with Crippen LogP contribution < -0.4 is 15.5 Å². The van der Waals surface area contributed by atoms with E-state index in [0.29, 0.717) is 57.0 Å². The van der Waals surface area contributed by atoms with Gasteiger partial charge in [-0.15, -0.1) is 0 Å². The Morgan fingerprint density at radius 1 is 1.03 bits per heavy atom. The van der Waals surface area contributed by atoms with Crippen molar-refractivity contribution in [3.8, 4) is 11.3 Å². The Kier molecular flexibility index (Phi) is 5.96. The van der Waals surface area contributed by atoms with Crippen LogP contribution in [0, 0.1) is 0 Å². The molecule has 2 N–H and O–H groups in total. The number of anilines is 3. The van der Waals surface area contributed by atoms with Gasteiger partial charge in [0.2, 0.25) is 5.95 Å². The zero-order chi connectivity index (χ0) is 21.3. The molecule has 162 valence electrons. The van der Waals surface area contributed by atoms with E-state index in [0.717, 1.165) is 0 Å². The fourth-order valence-corrected chi connectivity index (χ4v) is 3.81. The second-order valence-corrected chi connectivity index (χ2v) is 7.64. The van der Waals surface area contributed by atoms with E-state index >= 15 is 0 Å². The van der Waals surface area contributed by atoms with E-state index in [2.05, 4.69) is 14.9 Å². The van der Waals surface area contributed by atoms with Gasteiger partial charge in [0.05, 0.1) is 44.2 Å². The van der Waals surface area contributed by atoms with Gasteiger partial charge in [0.25, 0.3) is 6.43 Å². The van der Waals surface area contributed by atoms with E-state index in [9.17, 15) is 8.78 Å². The number of nitrogens with two attached hydrogens (primary N) is 1. The monoisotopic (exact) mass is 420 g/mol. The highest BCUT2D eigenvalue weighted by Crippen LogP contribution is 2.34. The van der Waals surface area contributed by atoms with Crippen LogP contribution in [0.15, 0.2) is 18.3 Å². The number of aromatic nitrogens is 3. The number of pyridine rings is 1. The van der Waals surface area contributed by atoms with Gasteiger partial charge in [-0.25, -0.2) is 18.7 Å². The summed E-state index contributed by atoms with van der Waals surface area (Å²) in [5.41, 5.74) is 6.11. The molecule has 2 atom stereocenters. The Morgan fingerprint density at radius 3 is 2.33 bits per heavy atom. The summed E-state index contributed by atoms with van der Waals surface area (Å²) >= 11 is 0. The highest BCUT2D eigenvalue weighted by Gasteiger charge is 2.27. The van der Waals surface area contributed by atoms with Crippen LogP contribution in [0.4, 0.5) is 26.4 Å². The Balaban J connectivity index is 1.84. The quantitative estimate of drug-likeness (QED) is 0.807. The molecule has 2 aliphatic rings. The summed E-state index contributed by atoms with van der Waals surface area (Å²) in [5, 5.41) is 0. The largest absolute Gasteiger partial charge is 0.384 e. The average molecular weight is 420 g/mol. The number of hydrogen-bond acceptors (Lipinski definition) is 8. The first kappa shape index (κ1) is 20.7. The third-order valence-corrected chi connectivity index (χ3v) is 5.46. The molecule has 10 heteroatoms. The number of halogens is 2. The van der Waals surface area contributed by atoms with Gasteiger partial charge in [0, 0.05) is 36.5 Å². The molecule has 2 aromatic rings. The van der Waals surface area contributed by atoms with Crippen LogP contribution >= 0.6 is 0 Å². The second-order valence-electron chi connectivity index (χ2n) is 7.64. The summed E-state index contributed by atoms with van der Waals surface area (Å²) in [4.78, 5) is 17.7. The molecule has 0 spiro atoms. The van der Waals surface area contributed by atoms with Gasteiger partial charge >= 0.3 is 0 Å². The minimum absolute atomic E-state index is 0.0483. The van der Waals surface area contributed by atoms with Crippen LogP contribution in [0.1, 0.15) is 25.8 Å². The lowest BCUT2D eigenvalue weighted by Gasteiger charge is -2.37. The van der Waals surface area contributed by atoms with E-state index in [4.69, 9.17) is 20.2 Å². The Morgan fingerprint density at radius 2 is 1.70 bits per heavy atom. The number of rotatable bonds is 4. The molecule has 0 radical (unpaired) electrons. The zero-order valence-electron chi connectivity index (χ0n) is 17.1. The fourth-order valence-electron chi connectivity index (χ4n) is 3.81. The van der Waals surface area contributed by atoms with Crippen LogP contribution in [0.2, 0.25) is 0 Å². The first-order chi connectivity index (χ1) is 14.4. The SMILES string of the molecule is CC1COCCN1c1cc(-c2cnc(N)cc2C(F)F)nc(N2CCOCC2C)n1. The third kappa shape index (κ3) is 4.15. The first-order valence-electron chi connectivity index (χ1n) is 10.1. The highest BCUT2D eigenvalue weighted by molar-refractivity contribution is 5.69. The van der Waals surface area contributed by atoms with Crippen molar-refractivity contribution in [3.63, 3.8) is 0 Å². The summed E-state index contributed by atoms with van der Waals surface area (Å²) in [6.45, 7) is 7.65. The molecule has 8 nitrogen and oxygen atoms in total. The van der Waals surface area contributed by atoms with Crippen molar-refractivity contribution in [3.05, 3.63) is 23.9 Å². The summed E-state index contributed by atoms with van der Waals surface area (Å²) in [6, 6.07) is 3.13. The van der Waals surface area contributed by atoms with E-state index in [1.54, 1.807) is 6.07 Å². The van der Waals surface area contributed by atoms with Gasteiger partial charge in [-0.3, -0.25) is 0 Å². The van der Waals surface area contributed by atoms with Gasteiger partial charge in [-0.1, -0.05) is 0 Å². The fraction of sp³-hybridized carbons (Fsp3) is 0.550. The van der Waals surface area contributed by atoms with E-state index < -0.39 is 6.43 Å². The first-order valence-corrected chi connectivity index (χ1v) is 10.1. The number of nitrogens with zero attached hydrogens (tertiary/aromatic N) is 5. The molecule has 0 bridgehead atoms. The van der Waals surface area contributed by atoms with Gasteiger partial charge in [0.15, 0.2) is 0 Å². The van der Waals surface area contributed by atoms with Gasteiger partial charge in [-0.2, -0.15) is 4.98 Å². The second kappa shape index (κ2) is 8.65. The maximum atomic E-state index is 13.7. The van der Waals surface area contributed by atoms with Gasteiger partial charge < -0.3 is 25.0 Å². The molecule has 2 aromatic heterocycles. The Bertz CT molecular complexity index is 859. The van der Waals surface area contributed by atoms with Crippen LogP contribution in [0.25, 0.3) is 11.3 Å². The van der Waals surface area contributed by atoms with Crippen molar-refractivity contribution in [2.45, 2.75) is 32.4 Å². The smallest absolute Gasteiger partial charge is 0.264 e. The molecule has 0 aromatic carbocycles. The number of morpholine rings is 2. The minimum Gasteiger partial charge on any atom is -0.384 e. The van der Waals surface area contributed by atoms with Crippen molar-refractivity contribution < 1.29 is 18.3 Å². The average Bonchev–Trinajstić information content (AvgIpc) is 2.74. The summed E-state index contributed by atoms with van der Waals surface area (Å²) in [6.07, 6.45) is -1.34. The summed E-state index contributed by atoms with van der Waals surface area (Å²) in [5.74, 6) is 1.22. The lowest BCUT2D eigenvalue weighted by atomic mass is 10.1. The molecule has 30 heavy (non-hydrogen) atoms. The summed E-state index contributed by atoms with van der Waals surface area (Å²) in [7, 11) is 0. The van der Waals surface area contributed by atoms with E-state index in [-0.39, 0.29) is 29.0 Å². The maximum Gasteiger partial charge on any atom is 0.264 e. The maximum absolute atomic E-state index is 13.7. The predicted molar refractivity (Wildman–Crippen MR) is 110 cm³/mol. The molecule has 0 amide bonds. The zero-order valence-corrected chi connectivity index (χ0v) is 17.1. The number of nitrogen functional groups attached to an aromatic ring is 1. The minimum atomic E-state index is -2.70. The van der Waals surface area contributed by atoms with Crippen molar-refractivity contribution in [1.82, 2.24) is 15.0 Å². The highest BCUT2D eigenvalue weighted by atomic mass is 19.3. The van der Waals surface area contributed by atoms with Gasteiger partial charge in [-0.05, 0) is 19.9 Å². The third-order valence-electron chi connectivity index (χ3n) is 5.46. The molecule has 2 fully saturated rings. The summed E-state index contributed by atoms with van der Waals surface area (Å²) < 4.78 is 38.6. The van der Waals surface area contributed by atoms with Crippen LogP contribution in [0.5, 0.6) is 0 Å². The Hall–Kier alpha value is -2.59. The molecular weight excluding hydrogens is 394 g/mol. The van der Waals surface area contributed by atoms with Crippen molar-refractivity contribution in [1.29, 1.82) is 0 Å². The number of hydrogen-bond donors (Lipinski definition) is 1. The van der Waals surface area contributed by atoms with E-state index in [1.165, 1.54) is 12.3 Å². The molecule has 4 heterocycles. The van der Waals surface area contributed by atoms with Crippen molar-refractivity contribution in [2.75, 3.05) is 55.1 Å². The molecule has 0 saturated carbocycles. The van der Waals surface area contributed by atoms with Gasteiger partial charge in [0.1, 0.15) is 11.6 Å². The Labute approximate surface area is 174 Å². The molecule has 4 rings (SSSR count). The number of alkyl halides is 2. The van der Waals surface area contributed by atoms with Crippen LogP contribution in [0.3, 0.4) is 0 Å². The van der Waals surface area contributed by atoms with E-state index in [1.807, 2.05) is 18.7 Å². The van der Waals surface area contributed by atoms with Crippen LogP contribution in [-0.4, -0.2) is 66.6 Å². The molecule has 2 saturated heterocycles. The molecule has 2 unspecified atom stereocenters. The predicted octanol–water partition coefficient (Wildman–Crippen LogP) is 2.51. The molecular formula is C20H26F2N6O2. The topological polar surface area (TPSA) is 89.6 Å². The normalized spacial score (nSPS) is 22.6. The lowest BCUT2D eigenvalue weighted by molar-refractivity contribution is 0.0972. The number of ether oxygens (including phenoxy) is 2. The molecule has 2 aliphatic heterocycles.